The first-order valence-electron chi connectivity index (χ1n) is 13.5. The number of alkyl halides is 2. The Morgan fingerprint density at radius 3 is 2.54 bits per heavy atom. The molecule has 10 nitrogen and oxygen atoms in total. The van der Waals surface area contributed by atoms with Crippen molar-refractivity contribution >= 4 is 17.6 Å². The zero-order chi connectivity index (χ0) is 29.5. The van der Waals surface area contributed by atoms with Crippen LogP contribution in [0.5, 0.6) is 17.2 Å². The van der Waals surface area contributed by atoms with Gasteiger partial charge in [-0.25, -0.2) is 9.78 Å². The monoisotopic (exact) mass is 572 g/mol. The maximum atomic E-state index is 13.3. The van der Waals surface area contributed by atoms with Crippen molar-refractivity contribution in [3.8, 4) is 28.5 Å². The highest BCUT2D eigenvalue weighted by atomic mass is 19.3. The molecule has 2 N–H and O–H groups in total. The number of hydrogen-bond donors (Lipinski definition) is 2. The molecule has 1 aromatic carbocycles. The highest BCUT2D eigenvalue weighted by molar-refractivity contribution is 6.01. The van der Waals surface area contributed by atoms with Gasteiger partial charge in [0.25, 0.3) is 5.91 Å². The van der Waals surface area contributed by atoms with E-state index >= 15 is 0 Å². The Morgan fingerprint density at radius 2 is 1.90 bits per heavy atom. The molecule has 1 aliphatic carbocycles. The maximum absolute atomic E-state index is 13.3. The fraction of sp³-hybridized carbons (Fsp3) is 0.483. The molecule has 2 atom stereocenters. The van der Waals surface area contributed by atoms with E-state index in [-0.39, 0.29) is 40.5 Å². The van der Waals surface area contributed by atoms with Crippen LogP contribution >= 0.6 is 0 Å². The fourth-order valence-electron chi connectivity index (χ4n) is 5.69. The predicted molar refractivity (Wildman–Crippen MR) is 146 cm³/mol. The number of hydrogen-bond acceptors (Lipinski definition) is 6. The van der Waals surface area contributed by atoms with Gasteiger partial charge in [-0.1, -0.05) is 20.8 Å². The number of nitrogens with zero attached hydrogens (tertiary/aromatic N) is 3. The average Bonchev–Trinajstić information content (AvgIpc) is 3.43. The van der Waals surface area contributed by atoms with Crippen LogP contribution in [0.15, 0.2) is 36.7 Å². The van der Waals surface area contributed by atoms with Gasteiger partial charge in [-0.05, 0) is 42.9 Å². The van der Waals surface area contributed by atoms with Gasteiger partial charge in [0.1, 0.15) is 28.5 Å². The quantitative estimate of drug-likeness (QED) is 0.358. The number of nitrogens with one attached hydrogen (secondary N) is 1. The number of carbonyl (C=O) groups excluding carboxylic acids is 1. The van der Waals surface area contributed by atoms with Crippen LogP contribution in [0.25, 0.3) is 16.9 Å². The predicted octanol–water partition coefficient (Wildman–Crippen LogP) is 5.30. The molecule has 2 unspecified atom stereocenters. The smallest absolute Gasteiger partial charge is 0.407 e. The first-order valence-corrected chi connectivity index (χ1v) is 13.5. The summed E-state index contributed by atoms with van der Waals surface area (Å²) in [6, 6.07) is 6.34. The minimum absolute atomic E-state index is 0.0191. The molecular weight excluding hydrogens is 538 g/mol. The van der Waals surface area contributed by atoms with Crippen LogP contribution < -0.4 is 19.5 Å². The second-order valence-corrected chi connectivity index (χ2v) is 11.6. The summed E-state index contributed by atoms with van der Waals surface area (Å²) in [5.41, 5.74) is 1.25. The van der Waals surface area contributed by atoms with Gasteiger partial charge in [-0.15, -0.1) is 0 Å². The van der Waals surface area contributed by atoms with E-state index in [0.717, 1.165) is 12.8 Å². The summed E-state index contributed by atoms with van der Waals surface area (Å²) < 4.78 is 44.7. The molecule has 220 valence electrons. The summed E-state index contributed by atoms with van der Waals surface area (Å²) in [4.78, 5) is 30.5. The van der Waals surface area contributed by atoms with Crippen molar-refractivity contribution in [3.05, 3.63) is 42.2 Å². The summed E-state index contributed by atoms with van der Waals surface area (Å²) in [7, 11) is 1.36. The number of rotatable bonds is 9. The number of amides is 2. The highest BCUT2D eigenvalue weighted by Gasteiger charge is 2.44. The van der Waals surface area contributed by atoms with Gasteiger partial charge in [-0.3, -0.25) is 9.20 Å². The van der Waals surface area contributed by atoms with E-state index in [4.69, 9.17) is 14.2 Å². The van der Waals surface area contributed by atoms with E-state index in [1.54, 1.807) is 35.0 Å². The van der Waals surface area contributed by atoms with Gasteiger partial charge in [-0.2, -0.15) is 8.78 Å². The van der Waals surface area contributed by atoms with Gasteiger partial charge >= 0.3 is 12.7 Å². The molecule has 0 bridgehead atoms. The number of pyridine rings is 1. The second-order valence-electron chi connectivity index (χ2n) is 11.6. The van der Waals surface area contributed by atoms with Gasteiger partial charge in [0, 0.05) is 42.4 Å². The van der Waals surface area contributed by atoms with Crippen LogP contribution in [0.3, 0.4) is 0 Å². The third-order valence-electron chi connectivity index (χ3n) is 7.54. The minimum Gasteiger partial charge on any atom is -0.496 e. The molecule has 2 fully saturated rings. The van der Waals surface area contributed by atoms with Crippen LogP contribution in [0, 0.1) is 11.3 Å². The number of ether oxygens (including phenoxy) is 3. The molecule has 3 aromatic rings. The van der Waals surface area contributed by atoms with Crippen LogP contribution in [-0.4, -0.2) is 70.3 Å². The number of aromatic nitrogens is 2. The van der Waals surface area contributed by atoms with Crippen molar-refractivity contribution in [2.45, 2.75) is 58.7 Å². The molecule has 2 aromatic heterocycles. The summed E-state index contributed by atoms with van der Waals surface area (Å²) >= 11 is 0. The van der Waals surface area contributed by atoms with E-state index in [9.17, 15) is 23.5 Å². The van der Waals surface area contributed by atoms with Crippen LogP contribution in [0.1, 0.15) is 50.4 Å². The Labute approximate surface area is 236 Å². The van der Waals surface area contributed by atoms with E-state index in [1.165, 1.54) is 18.1 Å². The first-order chi connectivity index (χ1) is 19.5. The molecular formula is C29H34F2N4O6. The van der Waals surface area contributed by atoms with E-state index in [0.29, 0.717) is 42.2 Å². The molecule has 3 heterocycles. The lowest BCUT2D eigenvalue weighted by Gasteiger charge is -2.37. The Hall–Kier alpha value is -4.09. The van der Waals surface area contributed by atoms with Crippen molar-refractivity contribution in [2.75, 3.05) is 20.3 Å². The van der Waals surface area contributed by atoms with Crippen molar-refractivity contribution in [1.29, 1.82) is 0 Å². The second kappa shape index (κ2) is 11.1. The number of carbonyl (C=O) groups is 2. The van der Waals surface area contributed by atoms with Crippen molar-refractivity contribution in [2.24, 2.45) is 11.3 Å². The van der Waals surface area contributed by atoms with Crippen molar-refractivity contribution in [1.82, 2.24) is 19.6 Å². The number of benzene rings is 1. The van der Waals surface area contributed by atoms with Gasteiger partial charge in [0.2, 0.25) is 0 Å². The largest absolute Gasteiger partial charge is 0.496 e. The number of likely N-dealkylation sites (tertiary alicyclic amines) is 1. The van der Waals surface area contributed by atoms with Gasteiger partial charge in [0.15, 0.2) is 0 Å². The zero-order valence-electron chi connectivity index (χ0n) is 23.4. The molecule has 2 aliphatic rings. The SMILES string of the molecule is COc1cc(-c2cnc3cc(OCC4CCN(C(=O)O)C4C(C)(C)C)ccn23)cc(OC(F)F)c1C(=O)NC1CC1. The standard InChI is InChI=1S/C29H34F2N4O6/c1-29(2,3)25-16(7-9-35(25)28(37)38)15-40-19-8-10-34-20(14-32-23(34)13-19)17-11-21(39-4)24(22(12-17)41-27(30)31)26(36)33-18-5-6-18/h8,10-14,16,18,25,27H,5-7,9,15H2,1-4H3,(H,33,36)(H,37,38). The third kappa shape index (κ3) is 6.01. The molecule has 5 rings (SSSR count). The normalized spacial score (nSPS) is 19.0. The Balaban J connectivity index is 1.40. The van der Waals surface area contributed by atoms with Crippen LogP contribution in [-0.2, 0) is 0 Å². The summed E-state index contributed by atoms with van der Waals surface area (Å²) in [6.07, 6.45) is 4.80. The molecule has 41 heavy (non-hydrogen) atoms. The minimum atomic E-state index is -3.13. The molecule has 0 radical (unpaired) electrons. The molecule has 2 amide bonds. The molecule has 1 saturated heterocycles. The maximum Gasteiger partial charge on any atom is 0.407 e. The third-order valence-corrected chi connectivity index (χ3v) is 7.54. The van der Waals surface area contributed by atoms with Crippen LogP contribution in [0.2, 0.25) is 0 Å². The lowest BCUT2D eigenvalue weighted by molar-refractivity contribution is -0.0502. The fourth-order valence-corrected chi connectivity index (χ4v) is 5.69. The number of carboxylic acid groups (broad SMARTS) is 1. The summed E-state index contributed by atoms with van der Waals surface area (Å²) in [5.74, 6) is -0.111. The molecule has 0 spiro atoms. The molecule has 1 saturated carbocycles. The lowest BCUT2D eigenvalue weighted by atomic mass is 9.80. The Bertz CT molecular complexity index is 1450. The van der Waals surface area contributed by atoms with Gasteiger partial charge in [0.05, 0.1) is 25.6 Å². The first kappa shape index (κ1) is 28.4. The topological polar surface area (TPSA) is 115 Å². The van der Waals surface area contributed by atoms with Crippen molar-refractivity contribution in [3.63, 3.8) is 0 Å². The molecule has 12 heteroatoms. The Morgan fingerprint density at radius 1 is 1.17 bits per heavy atom. The number of imidazole rings is 1. The summed E-state index contributed by atoms with van der Waals surface area (Å²) in [5, 5.41) is 12.4. The van der Waals surface area contributed by atoms with Crippen LogP contribution in [0.4, 0.5) is 13.6 Å². The number of methoxy groups -OCH3 is 1. The Kier molecular flexibility index (Phi) is 7.67. The van der Waals surface area contributed by atoms with Gasteiger partial charge < -0.3 is 29.5 Å². The number of halogens is 2. The van der Waals surface area contributed by atoms with E-state index in [1.807, 2.05) is 20.8 Å². The van der Waals surface area contributed by atoms with E-state index in [2.05, 4.69) is 10.3 Å². The zero-order valence-corrected chi connectivity index (χ0v) is 23.4. The highest BCUT2D eigenvalue weighted by Crippen LogP contribution is 2.39. The van der Waals surface area contributed by atoms with E-state index < -0.39 is 18.6 Å². The van der Waals surface area contributed by atoms with Crippen molar-refractivity contribution < 1.29 is 37.7 Å². The lowest BCUT2D eigenvalue weighted by Crippen LogP contribution is -2.46. The number of fused-ring (bicyclic) bond motifs is 1. The summed E-state index contributed by atoms with van der Waals surface area (Å²) in [6.45, 7) is 3.78. The average molecular weight is 573 g/mol. The molecule has 1 aliphatic heterocycles.